The standard InChI is InChI=1S/C12H14N2O3S/c1-2-3-4-8-12(15)14-10-6-5-7-11(9-10)18(13,16)17/h2-9H,1H3,(H,14,15)(H2,13,16,17)/b3-2+,8-4-. The third-order valence-corrected chi connectivity index (χ3v) is 2.89. The second-order valence-electron chi connectivity index (χ2n) is 3.45. The van der Waals surface area contributed by atoms with Gasteiger partial charge in [-0.25, -0.2) is 13.6 Å². The molecule has 0 unspecified atom stereocenters. The molecule has 18 heavy (non-hydrogen) atoms. The smallest absolute Gasteiger partial charge is 0.248 e. The number of benzene rings is 1. The molecule has 1 aromatic carbocycles. The Morgan fingerprint density at radius 3 is 2.67 bits per heavy atom. The summed E-state index contributed by atoms with van der Waals surface area (Å²) in [6.45, 7) is 1.83. The Kier molecular flexibility index (Phi) is 4.82. The number of allylic oxidation sites excluding steroid dienone is 3. The number of nitrogens with two attached hydrogens (primary N) is 1. The lowest BCUT2D eigenvalue weighted by Crippen LogP contribution is -2.13. The molecule has 0 aliphatic heterocycles. The van der Waals surface area contributed by atoms with Gasteiger partial charge in [0.25, 0.3) is 0 Å². The maximum Gasteiger partial charge on any atom is 0.248 e. The molecule has 0 heterocycles. The van der Waals surface area contributed by atoms with E-state index >= 15 is 0 Å². The van der Waals surface area contributed by atoms with Crippen LogP contribution in [-0.2, 0) is 14.8 Å². The van der Waals surface area contributed by atoms with Crippen molar-refractivity contribution in [3.05, 3.63) is 48.6 Å². The van der Waals surface area contributed by atoms with Crippen molar-refractivity contribution >= 4 is 21.6 Å². The van der Waals surface area contributed by atoms with E-state index in [1.165, 1.54) is 24.3 Å². The predicted molar refractivity (Wildman–Crippen MR) is 70.4 cm³/mol. The minimum absolute atomic E-state index is 0.0438. The highest BCUT2D eigenvalue weighted by atomic mass is 32.2. The number of carbonyl (C=O) groups excluding carboxylic acids is 1. The number of carbonyl (C=O) groups is 1. The van der Waals surface area contributed by atoms with Crippen molar-refractivity contribution in [3.63, 3.8) is 0 Å². The maximum absolute atomic E-state index is 11.4. The van der Waals surface area contributed by atoms with Crippen LogP contribution < -0.4 is 10.5 Å². The SMILES string of the molecule is C/C=C/C=C\C(=O)Nc1cccc(S(N)(=O)=O)c1. The molecule has 6 heteroatoms. The Morgan fingerprint density at radius 2 is 2.06 bits per heavy atom. The van der Waals surface area contributed by atoms with Crippen LogP contribution in [-0.4, -0.2) is 14.3 Å². The number of rotatable bonds is 4. The van der Waals surface area contributed by atoms with Gasteiger partial charge in [0.2, 0.25) is 15.9 Å². The van der Waals surface area contributed by atoms with Gasteiger partial charge < -0.3 is 5.32 Å². The molecule has 1 amide bonds. The molecule has 0 atom stereocenters. The third-order valence-electron chi connectivity index (χ3n) is 1.98. The number of sulfonamides is 1. The number of amides is 1. The Balaban J connectivity index is 2.83. The summed E-state index contributed by atoms with van der Waals surface area (Å²) in [7, 11) is -3.76. The lowest BCUT2D eigenvalue weighted by atomic mass is 10.3. The van der Waals surface area contributed by atoms with Gasteiger partial charge in [0.05, 0.1) is 4.90 Å². The second kappa shape index (κ2) is 6.13. The number of anilines is 1. The molecule has 0 aliphatic carbocycles. The summed E-state index contributed by atoms with van der Waals surface area (Å²) in [5.41, 5.74) is 0.372. The second-order valence-corrected chi connectivity index (χ2v) is 5.01. The first-order chi connectivity index (χ1) is 8.43. The molecule has 0 saturated heterocycles. The van der Waals surface area contributed by atoms with Gasteiger partial charge in [0.15, 0.2) is 0 Å². The summed E-state index contributed by atoms with van der Waals surface area (Å²) in [4.78, 5) is 11.4. The van der Waals surface area contributed by atoms with Gasteiger partial charge in [-0.3, -0.25) is 4.79 Å². The largest absolute Gasteiger partial charge is 0.322 e. The maximum atomic E-state index is 11.4. The molecular weight excluding hydrogens is 252 g/mol. The Bertz CT molecular complexity index is 589. The average Bonchev–Trinajstić information content (AvgIpc) is 2.28. The van der Waals surface area contributed by atoms with E-state index in [4.69, 9.17) is 5.14 Å². The lowest BCUT2D eigenvalue weighted by Gasteiger charge is -2.04. The van der Waals surface area contributed by atoms with Gasteiger partial charge in [0.1, 0.15) is 0 Å². The normalized spacial score (nSPS) is 12.1. The molecule has 3 N–H and O–H groups in total. The molecule has 0 aliphatic rings. The van der Waals surface area contributed by atoms with E-state index in [2.05, 4.69) is 5.32 Å². The Labute approximate surface area is 106 Å². The van der Waals surface area contributed by atoms with Crippen LogP contribution in [0.5, 0.6) is 0 Å². The highest BCUT2D eigenvalue weighted by Gasteiger charge is 2.08. The number of hydrogen-bond donors (Lipinski definition) is 2. The minimum atomic E-state index is -3.76. The van der Waals surface area contributed by atoms with Crippen molar-refractivity contribution in [2.45, 2.75) is 11.8 Å². The average molecular weight is 266 g/mol. The molecule has 96 valence electrons. The highest BCUT2D eigenvalue weighted by Crippen LogP contribution is 2.13. The van der Waals surface area contributed by atoms with Crippen molar-refractivity contribution in [1.29, 1.82) is 0 Å². The Morgan fingerprint density at radius 1 is 1.33 bits per heavy atom. The summed E-state index contributed by atoms with van der Waals surface area (Å²) in [6, 6.07) is 5.75. The zero-order chi connectivity index (χ0) is 13.6. The first kappa shape index (κ1) is 14.1. The van der Waals surface area contributed by atoms with E-state index in [1.54, 1.807) is 24.3 Å². The third kappa shape index (κ3) is 4.52. The fourth-order valence-electron chi connectivity index (χ4n) is 1.19. The first-order valence-electron chi connectivity index (χ1n) is 5.16. The molecule has 0 radical (unpaired) electrons. The Hall–Kier alpha value is -1.92. The molecule has 5 nitrogen and oxygen atoms in total. The van der Waals surface area contributed by atoms with Crippen molar-refractivity contribution in [3.8, 4) is 0 Å². The number of hydrogen-bond acceptors (Lipinski definition) is 3. The van der Waals surface area contributed by atoms with Gasteiger partial charge in [-0.15, -0.1) is 0 Å². The van der Waals surface area contributed by atoms with Crippen LogP contribution >= 0.6 is 0 Å². The molecular formula is C12H14N2O3S. The summed E-state index contributed by atoms with van der Waals surface area (Å²) in [5, 5.41) is 7.52. The molecule has 0 saturated carbocycles. The summed E-state index contributed by atoms with van der Waals surface area (Å²) >= 11 is 0. The zero-order valence-corrected chi connectivity index (χ0v) is 10.6. The molecule has 0 bridgehead atoms. The van der Waals surface area contributed by atoms with Gasteiger partial charge >= 0.3 is 0 Å². The van der Waals surface area contributed by atoms with Gasteiger partial charge in [-0.2, -0.15) is 0 Å². The minimum Gasteiger partial charge on any atom is -0.322 e. The molecule has 0 aromatic heterocycles. The summed E-state index contributed by atoms with van der Waals surface area (Å²) in [6.07, 6.45) is 6.41. The van der Waals surface area contributed by atoms with Crippen LogP contribution in [0.2, 0.25) is 0 Å². The van der Waals surface area contributed by atoms with Crippen LogP contribution in [0, 0.1) is 0 Å². The topological polar surface area (TPSA) is 89.3 Å². The lowest BCUT2D eigenvalue weighted by molar-refractivity contribution is -0.111. The summed E-state index contributed by atoms with van der Waals surface area (Å²) < 4.78 is 22.2. The zero-order valence-electron chi connectivity index (χ0n) is 9.83. The quantitative estimate of drug-likeness (QED) is 0.637. The van der Waals surface area contributed by atoms with Crippen LogP contribution in [0.4, 0.5) is 5.69 Å². The van der Waals surface area contributed by atoms with E-state index in [9.17, 15) is 13.2 Å². The van der Waals surface area contributed by atoms with E-state index < -0.39 is 10.0 Å². The van der Waals surface area contributed by atoms with Crippen molar-refractivity contribution in [2.24, 2.45) is 5.14 Å². The molecule has 0 fully saturated rings. The van der Waals surface area contributed by atoms with Crippen molar-refractivity contribution in [1.82, 2.24) is 0 Å². The van der Waals surface area contributed by atoms with E-state index in [-0.39, 0.29) is 10.8 Å². The number of nitrogens with one attached hydrogen (secondary N) is 1. The molecule has 1 aromatic rings. The first-order valence-corrected chi connectivity index (χ1v) is 6.71. The van der Waals surface area contributed by atoms with Gasteiger partial charge in [-0.1, -0.05) is 24.3 Å². The van der Waals surface area contributed by atoms with Crippen LogP contribution in [0.1, 0.15) is 6.92 Å². The van der Waals surface area contributed by atoms with Crippen LogP contribution in [0.15, 0.2) is 53.5 Å². The molecule has 0 spiro atoms. The number of primary sulfonamides is 1. The van der Waals surface area contributed by atoms with Crippen LogP contribution in [0.25, 0.3) is 0 Å². The van der Waals surface area contributed by atoms with Gasteiger partial charge in [-0.05, 0) is 25.1 Å². The van der Waals surface area contributed by atoms with Crippen molar-refractivity contribution in [2.75, 3.05) is 5.32 Å². The predicted octanol–water partition coefficient (Wildman–Crippen LogP) is 1.40. The highest BCUT2D eigenvalue weighted by molar-refractivity contribution is 7.89. The van der Waals surface area contributed by atoms with Crippen molar-refractivity contribution < 1.29 is 13.2 Å². The van der Waals surface area contributed by atoms with E-state index in [1.807, 2.05) is 6.92 Å². The van der Waals surface area contributed by atoms with E-state index in [0.29, 0.717) is 5.69 Å². The summed E-state index contributed by atoms with van der Waals surface area (Å²) in [5.74, 6) is -0.348. The monoisotopic (exact) mass is 266 g/mol. The van der Waals surface area contributed by atoms with Gasteiger partial charge in [0, 0.05) is 11.8 Å². The fraction of sp³-hybridized carbons (Fsp3) is 0.0833. The molecule has 1 rings (SSSR count). The van der Waals surface area contributed by atoms with Crippen LogP contribution in [0.3, 0.4) is 0 Å². The fourth-order valence-corrected chi connectivity index (χ4v) is 1.75. The van der Waals surface area contributed by atoms with E-state index in [0.717, 1.165) is 0 Å².